The van der Waals surface area contributed by atoms with E-state index in [0.29, 0.717) is 37.5 Å². The Morgan fingerprint density at radius 3 is 2.68 bits per heavy atom. The molecule has 3 aromatic rings. The molecule has 0 saturated heterocycles. The third-order valence-electron chi connectivity index (χ3n) is 3.88. The molecule has 0 fully saturated rings. The van der Waals surface area contributed by atoms with Crippen molar-refractivity contribution in [2.75, 3.05) is 7.05 Å². The van der Waals surface area contributed by atoms with E-state index in [1.807, 2.05) is 49.4 Å². The van der Waals surface area contributed by atoms with E-state index in [1.165, 1.54) is 0 Å². The summed E-state index contributed by atoms with van der Waals surface area (Å²) in [4.78, 5) is 18.2. The molecule has 1 aromatic carbocycles. The van der Waals surface area contributed by atoms with Crippen LogP contribution in [0.15, 0.2) is 51.4 Å². The van der Waals surface area contributed by atoms with Crippen LogP contribution in [-0.2, 0) is 24.2 Å². The Bertz CT molecular complexity index is 823. The van der Waals surface area contributed by atoms with Crippen LogP contribution in [0.4, 0.5) is 0 Å². The average Bonchev–Trinajstić information content (AvgIpc) is 3.22. The molecule has 2 aromatic heterocycles. The Morgan fingerprint density at radius 1 is 1.16 bits per heavy atom. The van der Waals surface area contributed by atoms with E-state index in [2.05, 4.69) is 10.1 Å². The van der Waals surface area contributed by atoms with Gasteiger partial charge >= 0.3 is 0 Å². The molecule has 0 atom stereocenters. The lowest BCUT2D eigenvalue weighted by Crippen LogP contribution is -2.26. The highest BCUT2D eigenvalue weighted by molar-refractivity contribution is 5.75. The lowest BCUT2D eigenvalue weighted by molar-refractivity contribution is -0.130. The Labute approximate surface area is 146 Å². The van der Waals surface area contributed by atoms with E-state index in [4.69, 9.17) is 8.94 Å². The molecular formula is C19H21N3O3. The minimum atomic E-state index is 0.0110. The summed E-state index contributed by atoms with van der Waals surface area (Å²) in [7, 11) is 1.76. The van der Waals surface area contributed by atoms with Crippen molar-refractivity contribution in [3.63, 3.8) is 0 Å². The SMILES string of the molecule is Cc1ccc(CN(C)C(=O)CCc2nc(Cc3ccccc3)no2)o1. The molecule has 6 heteroatoms. The molecule has 25 heavy (non-hydrogen) atoms. The number of rotatable bonds is 7. The summed E-state index contributed by atoms with van der Waals surface area (Å²) in [6.45, 7) is 2.34. The highest BCUT2D eigenvalue weighted by atomic mass is 16.5. The normalized spacial score (nSPS) is 10.8. The van der Waals surface area contributed by atoms with E-state index < -0.39 is 0 Å². The smallest absolute Gasteiger partial charge is 0.227 e. The quantitative estimate of drug-likeness (QED) is 0.661. The second-order valence-electron chi connectivity index (χ2n) is 6.03. The fraction of sp³-hybridized carbons (Fsp3) is 0.316. The maximum atomic E-state index is 12.2. The fourth-order valence-corrected chi connectivity index (χ4v) is 2.54. The molecule has 1 amide bonds. The van der Waals surface area contributed by atoms with Gasteiger partial charge in [-0.2, -0.15) is 4.98 Å². The van der Waals surface area contributed by atoms with E-state index in [-0.39, 0.29) is 5.91 Å². The van der Waals surface area contributed by atoms with E-state index in [0.717, 1.165) is 17.1 Å². The van der Waals surface area contributed by atoms with Gasteiger partial charge < -0.3 is 13.8 Å². The monoisotopic (exact) mass is 339 g/mol. The van der Waals surface area contributed by atoms with Crippen LogP contribution < -0.4 is 0 Å². The fourth-order valence-electron chi connectivity index (χ4n) is 2.54. The molecule has 3 rings (SSSR count). The Kier molecular flexibility index (Phi) is 5.28. The van der Waals surface area contributed by atoms with Crippen molar-refractivity contribution in [1.82, 2.24) is 15.0 Å². The second kappa shape index (κ2) is 7.79. The van der Waals surface area contributed by atoms with Crippen LogP contribution in [0.5, 0.6) is 0 Å². The number of hydrogen-bond acceptors (Lipinski definition) is 5. The molecule has 0 aliphatic carbocycles. The van der Waals surface area contributed by atoms with Gasteiger partial charge in [0.05, 0.1) is 6.54 Å². The standard InChI is InChI=1S/C19H21N3O3/c1-14-8-9-16(24-14)13-22(2)19(23)11-10-18-20-17(21-25-18)12-15-6-4-3-5-7-15/h3-9H,10-13H2,1-2H3. The molecule has 0 saturated carbocycles. The van der Waals surface area contributed by atoms with Crippen molar-refractivity contribution >= 4 is 5.91 Å². The van der Waals surface area contributed by atoms with Crippen LogP contribution in [0, 0.1) is 6.92 Å². The molecule has 6 nitrogen and oxygen atoms in total. The van der Waals surface area contributed by atoms with Gasteiger partial charge in [-0.05, 0) is 24.6 Å². The van der Waals surface area contributed by atoms with Gasteiger partial charge in [0.2, 0.25) is 11.8 Å². The third kappa shape index (κ3) is 4.79. The summed E-state index contributed by atoms with van der Waals surface area (Å²) < 4.78 is 10.7. The molecule has 0 radical (unpaired) electrons. The van der Waals surface area contributed by atoms with Gasteiger partial charge in [0.25, 0.3) is 0 Å². The first kappa shape index (κ1) is 17.0. The summed E-state index contributed by atoms with van der Waals surface area (Å²) in [5, 5.41) is 3.98. The molecule has 130 valence electrons. The number of aryl methyl sites for hydroxylation is 2. The number of nitrogens with zero attached hydrogens (tertiary/aromatic N) is 3. The Hall–Kier alpha value is -2.89. The molecular weight excluding hydrogens is 318 g/mol. The molecule has 0 spiro atoms. The highest BCUT2D eigenvalue weighted by Gasteiger charge is 2.14. The first-order valence-electron chi connectivity index (χ1n) is 8.25. The lowest BCUT2D eigenvalue weighted by atomic mass is 10.1. The number of aromatic nitrogens is 2. The summed E-state index contributed by atoms with van der Waals surface area (Å²) >= 11 is 0. The minimum absolute atomic E-state index is 0.0110. The number of benzene rings is 1. The van der Waals surface area contributed by atoms with E-state index >= 15 is 0 Å². The zero-order valence-corrected chi connectivity index (χ0v) is 14.4. The molecule has 2 heterocycles. The maximum Gasteiger partial charge on any atom is 0.227 e. The number of amides is 1. The zero-order chi connectivity index (χ0) is 17.6. The van der Waals surface area contributed by atoms with Crippen LogP contribution in [0.25, 0.3) is 0 Å². The van der Waals surface area contributed by atoms with E-state index in [1.54, 1.807) is 11.9 Å². The van der Waals surface area contributed by atoms with Crippen LogP contribution in [0.3, 0.4) is 0 Å². The Morgan fingerprint density at radius 2 is 1.96 bits per heavy atom. The van der Waals surface area contributed by atoms with Crippen molar-refractivity contribution in [1.29, 1.82) is 0 Å². The van der Waals surface area contributed by atoms with Crippen LogP contribution >= 0.6 is 0 Å². The average molecular weight is 339 g/mol. The van der Waals surface area contributed by atoms with Gasteiger partial charge in [-0.25, -0.2) is 0 Å². The summed E-state index contributed by atoms with van der Waals surface area (Å²) in [5.41, 5.74) is 1.12. The summed E-state index contributed by atoms with van der Waals surface area (Å²) in [6, 6.07) is 13.7. The van der Waals surface area contributed by atoms with Crippen molar-refractivity contribution in [3.05, 3.63) is 71.3 Å². The van der Waals surface area contributed by atoms with Gasteiger partial charge in [0.1, 0.15) is 11.5 Å². The van der Waals surface area contributed by atoms with Gasteiger partial charge in [-0.1, -0.05) is 35.5 Å². The van der Waals surface area contributed by atoms with Crippen molar-refractivity contribution in [2.45, 2.75) is 32.7 Å². The van der Waals surface area contributed by atoms with Crippen molar-refractivity contribution in [2.24, 2.45) is 0 Å². The lowest BCUT2D eigenvalue weighted by Gasteiger charge is -2.14. The number of carbonyl (C=O) groups excluding carboxylic acids is 1. The van der Waals surface area contributed by atoms with Crippen molar-refractivity contribution < 1.29 is 13.7 Å². The third-order valence-corrected chi connectivity index (χ3v) is 3.88. The second-order valence-corrected chi connectivity index (χ2v) is 6.03. The Balaban J connectivity index is 1.49. The van der Waals surface area contributed by atoms with Gasteiger partial charge in [-0.3, -0.25) is 4.79 Å². The topological polar surface area (TPSA) is 72.4 Å². The first-order chi connectivity index (χ1) is 12.1. The van der Waals surface area contributed by atoms with Gasteiger partial charge in [0, 0.05) is 26.3 Å². The molecule has 0 bridgehead atoms. The first-order valence-corrected chi connectivity index (χ1v) is 8.25. The van der Waals surface area contributed by atoms with E-state index in [9.17, 15) is 4.79 Å². The van der Waals surface area contributed by atoms with Crippen molar-refractivity contribution in [3.8, 4) is 0 Å². The highest BCUT2D eigenvalue weighted by Crippen LogP contribution is 2.11. The molecule has 0 aliphatic heterocycles. The van der Waals surface area contributed by atoms with Gasteiger partial charge in [0.15, 0.2) is 5.82 Å². The largest absolute Gasteiger partial charge is 0.464 e. The zero-order valence-electron chi connectivity index (χ0n) is 14.4. The number of hydrogen-bond donors (Lipinski definition) is 0. The molecule has 0 aliphatic rings. The van der Waals surface area contributed by atoms with Crippen LogP contribution in [-0.4, -0.2) is 28.0 Å². The predicted octanol–water partition coefficient (Wildman–Crippen LogP) is 3.15. The maximum absolute atomic E-state index is 12.2. The van der Waals surface area contributed by atoms with Crippen LogP contribution in [0.1, 0.15) is 35.2 Å². The van der Waals surface area contributed by atoms with Crippen LogP contribution in [0.2, 0.25) is 0 Å². The molecule has 0 unspecified atom stereocenters. The molecule has 0 N–H and O–H groups in total. The summed E-state index contributed by atoms with van der Waals surface area (Å²) in [6.07, 6.45) is 1.38. The number of carbonyl (C=O) groups is 1. The predicted molar refractivity (Wildman–Crippen MR) is 91.8 cm³/mol. The van der Waals surface area contributed by atoms with Gasteiger partial charge in [-0.15, -0.1) is 0 Å². The minimum Gasteiger partial charge on any atom is -0.464 e. The summed E-state index contributed by atoms with van der Waals surface area (Å²) in [5.74, 6) is 2.75. The number of furan rings is 1.